The van der Waals surface area contributed by atoms with Crippen LogP contribution in [0.5, 0.6) is 0 Å². The minimum absolute atomic E-state index is 0.199. The van der Waals surface area contributed by atoms with Gasteiger partial charge in [0.05, 0.1) is 9.79 Å². The molecule has 0 aliphatic rings. The number of rotatable bonds is 14. The third-order valence-electron chi connectivity index (χ3n) is 5.05. The van der Waals surface area contributed by atoms with Crippen LogP contribution in [0.3, 0.4) is 0 Å². The average Bonchev–Trinajstić information content (AvgIpc) is 2.59. The van der Waals surface area contributed by atoms with E-state index in [1.54, 1.807) is 0 Å². The lowest BCUT2D eigenvalue weighted by atomic mass is 9.89. The second-order valence-corrected chi connectivity index (χ2v) is 10.3. The van der Waals surface area contributed by atoms with Crippen molar-refractivity contribution in [2.75, 3.05) is 0 Å². The SMILES string of the molecule is CCCCCCCC(CCCCC)Cc1cc(S(=O)(=O)O)ccc1S(=O)(=O)O. The quantitative estimate of drug-likeness (QED) is 0.304. The van der Waals surface area contributed by atoms with Gasteiger partial charge in [-0.15, -0.1) is 0 Å². The van der Waals surface area contributed by atoms with Crippen LogP contribution in [0.1, 0.15) is 83.6 Å². The summed E-state index contributed by atoms with van der Waals surface area (Å²) in [5.74, 6) is 0.199. The molecule has 6 nitrogen and oxygen atoms in total. The van der Waals surface area contributed by atoms with E-state index in [9.17, 15) is 25.9 Å². The normalized spacial score (nSPS) is 13.6. The van der Waals surface area contributed by atoms with Crippen molar-refractivity contribution < 1.29 is 25.9 Å². The summed E-state index contributed by atoms with van der Waals surface area (Å²) in [6.07, 6.45) is 11.1. The van der Waals surface area contributed by atoms with Gasteiger partial charge in [-0.25, -0.2) is 0 Å². The van der Waals surface area contributed by atoms with Crippen molar-refractivity contribution in [3.63, 3.8) is 0 Å². The Balaban J connectivity index is 3.05. The molecular weight excluding hydrogens is 400 g/mol. The van der Waals surface area contributed by atoms with E-state index in [2.05, 4.69) is 13.8 Å². The second kappa shape index (κ2) is 11.9. The van der Waals surface area contributed by atoms with Crippen molar-refractivity contribution in [3.8, 4) is 0 Å². The minimum Gasteiger partial charge on any atom is -0.282 e. The van der Waals surface area contributed by atoms with Crippen molar-refractivity contribution in [2.45, 2.75) is 94.3 Å². The molecule has 0 saturated heterocycles. The zero-order valence-corrected chi connectivity index (χ0v) is 18.6. The molecule has 0 aromatic heterocycles. The third kappa shape index (κ3) is 9.03. The van der Waals surface area contributed by atoms with Gasteiger partial charge >= 0.3 is 0 Å². The van der Waals surface area contributed by atoms with Gasteiger partial charge in [-0.2, -0.15) is 16.8 Å². The van der Waals surface area contributed by atoms with Gasteiger partial charge in [0.2, 0.25) is 0 Å². The predicted molar refractivity (Wildman–Crippen MR) is 111 cm³/mol. The molecule has 1 unspecified atom stereocenters. The van der Waals surface area contributed by atoms with Gasteiger partial charge in [-0.3, -0.25) is 9.11 Å². The summed E-state index contributed by atoms with van der Waals surface area (Å²) < 4.78 is 65.2. The number of unbranched alkanes of at least 4 members (excludes halogenated alkanes) is 6. The second-order valence-electron chi connectivity index (χ2n) is 7.49. The molecule has 1 aromatic rings. The first-order valence-corrected chi connectivity index (χ1v) is 13.1. The summed E-state index contributed by atoms with van der Waals surface area (Å²) in [7, 11) is -8.92. The summed E-state index contributed by atoms with van der Waals surface area (Å²) in [5.41, 5.74) is 0.243. The molecule has 0 saturated carbocycles. The molecule has 1 atom stereocenters. The van der Waals surface area contributed by atoms with Gasteiger partial charge in [0.15, 0.2) is 0 Å². The van der Waals surface area contributed by atoms with Gasteiger partial charge in [-0.1, -0.05) is 78.1 Å². The maximum Gasteiger partial charge on any atom is 0.294 e. The Kier molecular flexibility index (Phi) is 10.7. The highest BCUT2D eigenvalue weighted by Crippen LogP contribution is 2.28. The molecule has 0 spiro atoms. The van der Waals surface area contributed by atoms with Crippen LogP contribution in [-0.4, -0.2) is 25.9 Å². The van der Waals surface area contributed by atoms with Crippen molar-refractivity contribution in [3.05, 3.63) is 23.8 Å². The molecule has 28 heavy (non-hydrogen) atoms. The first kappa shape index (κ1) is 25.1. The van der Waals surface area contributed by atoms with Crippen molar-refractivity contribution in [1.29, 1.82) is 0 Å². The first-order valence-electron chi connectivity index (χ1n) is 10.2. The van der Waals surface area contributed by atoms with Crippen LogP contribution < -0.4 is 0 Å². The zero-order valence-electron chi connectivity index (χ0n) is 16.9. The fourth-order valence-electron chi connectivity index (χ4n) is 3.51. The largest absolute Gasteiger partial charge is 0.294 e. The Hall–Kier alpha value is -0.960. The lowest BCUT2D eigenvalue weighted by Crippen LogP contribution is -2.11. The van der Waals surface area contributed by atoms with E-state index in [1.807, 2.05) is 0 Å². The van der Waals surface area contributed by atoms with E-state index in [1.165, 1.54) is 25.3 Å². The van der Waals surface area contributed by atoms with Crippen LogP contribution >= 0.6 is 0 Å². The first-order chi connectivity index (χ1) is 13.1. The van der Waals surface area contributed by atoms with Crippen LogP contribution in [0.15, 0.2) is 28.0 Å². The van der Waals surface area contributed by atoms with Crippen LogP contribution in [0.2, 0.25) is 0 Å². The van der Waals surface area contributed by atoms with E-state index in [4.69, 9.17) is 0 Å². The predicted octanol–water partition coefficient (Wildman–Crippen LogP) is 5.28. The number of hydrogen-bond donors (Lipinski definition) is 2. The van der Waals surface area contributed by atoms with E-state index < -0.39 is 20.2 Å². The Labute approximate surface area is 170 Å². The lowest BCUT2D eigenvalue weighted by molar-refractivity contribution is 0.401. The molecule has 2 N–H and O–H groups in total. The van der Waals surface area contributed by atoms with Gasteiger partial charge in [0.1, 0.15) is 0 Å². The maximum absolute atomic E-state index is 11.7. The summed E-state index contributed by atoms with van der Waals surface area (Å²) in [5, 5.41) is 0. The van der Waals surface area contributed by atoms with Crippen LogP contribution in [0.4, 0.5) is 0 Å². The van der Waals surface area contributed by atoms with Crippen LogP contribution in [0.25, 0.3) is 0 Å². The van der Waals surface area contributed by atoms with Gasteiger partial charge < -0.3 is 0 Å². The molecule has 0 aliphatic carbocycles. The molecule has 1 aromatic carbocycles. The fourth-order valence-corrected chi connectivity index (χ4v) is 4.75. The fraction of sp³-hybridized carbons (Fsp3) is 0.700. The van der Waals surface area contributed by atoms with Crippen molar-refractivity contribution >= 4 is 20.2 Å². The Bertz CT molecular complexity index is 800. The summed E-state index contributed by atoms with van der Waals surface area (Å²) in [6.45, 7) is 4.28. The monoisotopic (exact) mass is 434 g/mol. The summed E-state index contributed by atoms with van der Waals surface area (Å²) in [6, 6.07) is 3.22. The number of hydrogen-bond acceptors (Lipinski definition) is 4. The van der Waals surface area contributed by atoms with Crippen LogP contribution in [-0.2, 0) is 26.7 Å². The van der Waals surface area contributed by atoms with E-state index in [0.717, 1.165) is 57.1 Å². The standard InChI is InChI=1S/C20H34O6S2/c1-3-5-7-8-10-12-17(11-9-6-4-2)15-18-16-19(27(21,22)23)13-14-20(18)28(24,25)26/h13-14,16-17H,3-12,15H2,1-2H3,(H,21,22,23)(H,24,25,26). The molecule has 0 heterocycles. The lowest BCUT2D eigenvalue weighted by Gasteiger charge is -2.19. The highest BCUT2D eigenvalue weighted by Gasteiger charge is 2.22. The maximum atomic E-state index is 11.7. The van der Waals surface area contributed by atoms with E-state index >= 15 is 0 Å². The molecule has 162 valence electrons. The van der Waals surface area contributed by atoms with Gasteiger partial charge in [0.25, 0.3) is 20.2 Å². The smallest absolute Gasteiger partial charge is 0.282 e. The summed E-state index contributed by atoms with van der Waals surface area (Å²) >= 11 is 0. The molecule has 8 heteroatoms. The minimum atomic E-state index is -4.48. The van der Waals surface area contributed by atoms with Crippen molar-refractivity contribution in [1.82, 2.24) is 0 Å². The molecule has 0 aliphatic heterocycles. The zero-order chi connectivity index (χ0) is 21.2. The molecule has 1 rings (SSSR count). The van der Waals surface area contributed by atoms with E-state index in [-0.39, 0.29) is 21.3 Å². The Morgan fingerprint density at radius 1 is 0.786 bits per heavy atom. The average molecular weight is 435 g/mol. The summed E-state index contributed by atoms with van der Waals surface area (Å²) in [4.78, 5) is -0.642. The molecule has 0 radical (unpaired) electrons. The Morgan fingerprint density at radius 2 is 1.32 bits per heavy atom. The Morgan fingerprint density at radius 3 is 1.86 bits per heavy atom. The third-order valence-corrected chi connectivity index (χ3v) is 6.85. The molecular formula is C20H34O6S2. The van der Waals surface area contributed by atoms with Crippen molar-refractivity contribution in [2.24, 2.45) is 5.92 Å². The number of benzene rings is 1. The highest BCUT2D eigenvalue weighted by molar-refractivity contribution is 7.86. The molecule has 0 fully saturated rings. The van der Waals surface area contributed by atoms with Gasteiger partial charge in [0, 0.05) is 0 Å². The van der Waals surface area contributed by atoms with Gasteiger partial charge in [-0.05, 0) is 36.1 Å². The topological polar surface area (TPSA) is 109 Å². The highest BCUT2D eigenvalue weighted by atomic mass is 32.2. The van der Waals surface area contributed by atoms with Crippen LogP contribution in [0, 0.1) is 5.92 Å². The molecule has 0 bridgehead atoms. The molecule has 0 amide bonds. The van der Waals surface area contributed by atoms with E-state index in [0.29, 0.717) is 6.42 Å².